The quantitative estimate of drug-likeness (QED) is 0.309. The van der Waals surface area contributed by atoms with Crippen molar-refractivity contribution in [2.24, 2.45) is 0 Å². The van der Waals surface area contributed by atoms with Gasteiger partial charge in [-0.3, -0.25) is 9.69 Å². The van der Waals surface area contributed by atoms with Crippen molar-refractivity contribution in [2.75, 3.05) is 4.90 Å². The Morgan fingerprint density at radius 2 is 1.66 bits per heavy atom. The molecule has 0 bridgehead atoms. The SMILES string of the molecule is Cc1ccc(N2C(=O)/C(=C\c3cc(C)n(-c4cccc(C(F)(F)F)c4)c3C)SC2=S)cc1. The van der Waals surface area contributed by atoms with E-state index >= 15 is 0 Å². The fourth-order valence-corrected chi connectivity index (χ4v) is 4.97. The summed E-state index contributed by atoms with van der Waals surface area (Å²) < 4.78 is 41.7. The Labute approximate surface area is 193 Å². The topological polar surface area (TPSA) is 25.2 Å². The molecule has 1 fully saturated rings. The van der Waals surface area contributed by atoms with Gasteiger partial charge in [-0.1, -0.05) is 47.7 Å². The average Bonchev–Trinajstić information content (AvgIpc) is 3.17. The third-order valence-corrected chi connectivity index (χ3v) is 6.58. The molecule has 2 heterocycles. The molecule has 164 valence electrons. The van der Waals surface area contributed by atoms with Gasteiger partial charge in [0.1, 0.15) is 0 Å². The van der Waals surface area contributed by atoms with Crippen LogP contribution in [0.2, 0.25) is 0 Å². The molecule has 0 aliphatic carbocycles. The maximum Gasteiger partial charge on any atom is 0.416 e. The number of hydrogen-bond acceptors (Lipinski definition) is 3. The smallest absolute Gasteiger partial charge is 0.318 e. The molecular weight excluding hydrogens is 453 g/mol. The number of thiocarbonyl (C=S) groups is 1. The molecule has 0 radical (unpaired) electrons. The molecule has 0 N–H and O–H groups in total. The third kappa shape index (κ3) is 4.12. The maximum absolute atomic E-state index is 13.2. The summed E-state index contributed by atoms with van der Waals surface area (Å²) in [5.41, 5.74) is 3.76. The minimum atomic E-state index is -4.42. The Morgan fingerprint density at radius 1 is 0.969 bits per heavy atom. The van der Waals surface area contributed by atoms with Crippen LogP contribution in [-0.4, -0.2) is 14.8 Å². The lowest BCUT2D eigenvalue weighted by molar-refractivity contribution is -0.137. The second kappa shape index (κ2) is 8.26. The molecule has 8 heteroatoms. The number of halogens is 3. The zero-order valence-corrected chi connectivity index (χ0v) is 19.2. The molecule has 0 saturated carbocycles. The summed E-state index contributed by atoms with van der Waals surface area (Å²) in [4.78, 5) is 15.0. The van der Waals surface area contributed by atoms with Crippen LogP contribution in [0.4, 0.5) is 18.9 Å². The predicted octanol–water partition coefficient (Wildman–Crippen LogP) is 6.83. The van der Waals surface area contributed by atoms with E-state index in [9.17, 15) is 18.0 Å². The number of hydrogen-bond donors (Lipinski definition) is 0. The first-order valence-electron chi connectivity index (χ1n) is 9.77. The summed E-state index contributed by atoms with van der Waals surface area (Å²) in [6, 6.07) is 14.6. The van der Waals surface area contributed by atoms with Crippen molar-refractivity contribution in [1.82, 2.24) is 4.57 Å². The molecular formula is C24H19F3N2OS2. The highest BCUT2D eigenvalue weighted by Gasteiger charge is 2.34. The number of benzene rings is 2. The van der Waals surface area contributed by atoms with Crippen LogP contribution in [0.1, 0.15) is 28.1 Å². The summed E-state index contributed by atoms with van der Waals surface area (Å²) in [5.74, 6) is -0.215. The maximum atomic E-state index is 13.2. The van der Waals surface area contributed by atoms with Crippen LogP contribution in [0.15, 0.2) is 59.5 Å². The number of nitrogens with zero attached hydrogens (tertiary/aromatic N) is 2. The van der Waals surface area contributed by atoms with Crippen molar-refractivity contribution >= 4 is 46.0 Å². The van der Waals surface area contributed by atoms with Crippen LogP contribution < -0.4 is 4.90 Å². The Kier molecular flexibility index (Phi) is 5.77. The molecule has 1 amide bonds. The average molecular weight is 473 g/mol. The van der Waals surface area contributed by atoms with Crippen molar-refractivity contribution in [3.8, 4) is 5.69 Å². The zero-order chi connectivity index (χ0) is 23.2. The van der Waals surface area contributed by atoms with Gasteiger partial charge in [0.2, 0.25) is 0 Å². The molecule has 32 heavy (non-hydrogen) atoms. The Morgan fingerprint density at radius 3 is 2.31 bits per heavy atom. The van der Waals surface area contributed by atoms with Crippen molar-refractivity contribution in [3.63, 3.8) is 0 Å². The summed E-state index contributed by atoms with van der Waals surface area (Å²) in [5, 5.41) is 0. The van der Waals surface area contributed by atoms with Crippen LogP contribution in [0.3, 0.4) is 0 Å². The van der Waals surface area contributed by atoms with Crippen LogP contribution in [0.25, 0.3) is 11.8 Å². The Hall–Kier alpha value is -2.84. The van der Waals surface area contributed by atoms with Crippen molar-refractivity contribution in [3.05, 3.63) is 87.6 Å². The number of aromatic nitrogens is 1. The molecule has 1 aliphatic rings. The van der Waals surface area contributed by atoms with Crippen molar-refractivity contribution in [2.45, 2.75) is 26.9 Å². The minimum absolute atomic E-state index is 0.215. The first-order chi connectivity index (χ1) is 15.1. The summed E-state index contributed by atoms with van der Waals surface area (Å²) >= 11 is 6.64. The summed E-state index contributed by atoms with van der Waals surface area (Å²) in [6.45, 7) is 5.61. The van der Waals surface area contributed by atoms with E-state index in [1.54, 1.807) is 16.7 Å². The van der Waals surface area contributed by atoms with Gasteiger partial charge in [-0.25, -0.2) is 0 Å². The van der Waals surface area contributed by atoms with Gasteiger partial charge in [-0.2, -0.15) is 13.2 Å². The Balaban J connectivity index is 1.70. The van der Waals surface area contributed by atoms with Gasteiger partial charge in [-0.15, -0.1) is 0 Å². The molecule has 3 aromatic rings. The highest BCUT2D eigenvalue weighted by molar-refractivity contribution is 8.27. The van der Waals surface area contributed by atoms with Crippen LogP contribution in [0.5, 0.6) is 0 Å². The van der Waals surface area contributed by atoms with E-state index in [4.69, 9.17) is 12.2 Å². The van der Waals surface area contributed by atoms with Crippen LogP contribution in [-0.2, 0) is 11.0 Å². The van der Waals surface area contributed by atoms with Gasteiger partial charge in [0.15, 0.2) is 4.32 Å². The number of anilines is 1. The van der Waals surface area contributed by atoms with E-state index in [0.717, 1.165) is 34.6 Å². The fourth-order valence-electron chi connectivity index (χ4n) is 3.68. The molecule has 4 rings (SSSR count). The second-order valence-corrected chi connectivity index (χ2v) is 9.24. The standard InChI is InChI=1S/C24H19F3N2OS2/c1-14-7-9-19(10-8-14)29-22(30)21(32-23(29)31)12-17-11-15(2)28(16(17)3)20-6-4-5-18(13-20)24(25,26)27/h4-13H,1-3H3/b21-12+. The lowest BCUT2D eigenvalue weighted by Crippen LogP contribution is -2.27. The molecule has 1 aromatic heterocycles. The number of aryl methyl sites for hydroxylation is 2. The van der Waals surface area contributed by atoms with Gasteiger partial charge in [0.05, 0.1) is 16.2 Å². The van der Waals surface area contributed by atoms with Gasteiger partial charge in [0.25, 0.3) is 5.91 Å². The largest absolute Gasteiger partial charge is 0.416 e. The van der Waals surface area contributed by atoms with E-state index in [1.165, 1.54) is 22.7 Å². The van der Waals surface area contributed by atoms with Crippen molar-refractivity contribution in [1.29, 1.82) is 0 Å². The van der Waals surface area contributed by atoms with Crippen LogP contribution >= 0.6 is 24.0 Å². The molecule has 2 aromatic carbocycles. The van der Waals surface area contributed by atoms with E-state index in [-0.39, 0.29) is 5.91 Å². The monoisotopic (exact) mass is 472 g/mol. The lowest BCUT2D eigenvalue weighted by atomic mass is 10.2. The molecule has 1 saturated heterocycles. The molecule has 0 unspecified atom stereocenters. The van der Waals surface area contributed by atoms with E-state index in [0.29, 0.717) is 20.6 Å². The number of alkyl halides is 3. The Bertz CT molecular complexity index is 1260. The second-order valence-electron chi connectivity index (χ2n) is 7.56. The van der Waals surface area contributed by atoms with E-state index < -0.39 is 11.7 Å². The van der Waals surface area contributed by atoms with E-state index in [1.807, 2.05) is 51.1 Å². The first-order valence-corrected chi connectivity index (χ1v) is 11.0. The lowest BCUT2D eigenvalue weighted by Gasteiger charge is -2.14. The minimum Gasteiger partial charge on any atom is -0.318 e. The van der Waals surface area contributed by atoms with Gasteiger partial charge < -0.3 is 4.57 Å². The molecule has 3 nitrogen and oxygen atoms in total. The van der Waals surface area contributed by atoms with Crippen molar-refractivity contribution < 1.29 is 18.0 Å². The highest BCUT2D eigenvalue weighted by atomic mass is 32.2. The first kappa shape index (κ1) is 22.4. The number of carbonyl (C=O) groups excluding carboxylic acids is 1. The number of rotatable bonds is 3. The highest BCUT2D eigenvalue weighted by Crippen LogP contribution is 2.37. The van der Waals surface area contributed by atoms with Gasteiger partial charge in [-0.05, 0) is 68.8 Å². The predicted molar refractivity (Wildman–Crippen MR) is 127 cm³/mol. The normalized spacial score (nSPS) is 15.8. The van der Waals surface area contributed by atoms with Gasteiger partial charge in [0, 0.05) is 17.1 Å². The van der Waals surface area contributed by atoms with E-state index in [2.05, 4.69) is 0 Å². The number of amides is 1. The summed E-state index contributed by atoms with van der Waals surface area (Å²) in [6.07, 6.45) is -2.67. The molecule has 0 spiro atoms. The van der Waals surface area contributed by atoms with Crippen LogP contribution in [0, 0.1) is 20.8 Å². The number of carbonyl (C=O) groups is 1. The zero-order valence-electron chi connectivity index (χ0n) is 17.5. The summed E-state index contributed by atoms with van der Waals surface area (Å²) in [7, 11) is 0. The fraction of sp³-hybridized carbons (Fsp3) is 0.167. The van der Waals surface area contributed by atoms with Gasteiger partial charge >= 0.3 is 6.18 Å². The molecule has 0 atom stereocenters. The third-order valence-electron chi connectivity index (χ3n) is 5.27. The molecule has 1 aliphatic heterocycles. The number of thioether (sulfide) groups is 1.